The number of nitrogens with zero attached hydrogens (tertiary/aromatic N) is 1. The molecule has 0 saturated carbocycles. The van der Waals surface area contributed by atoms with Crippen LogP contribution in [0.15, 0.2) is 53.0 Å². The Labute approximate surface area is 171 Å². The minimum atomic E-state index is -1.24. The van der Waals surface area contributed by atoms with Gasteiger partial charge >= 0.3 is 0 Å². The number of benzene rings is 2. The number of aliphatic hydroxyl groups excluding tert-OH is 1. The third kappa shape index (κ3) is 4.62. The van der Waals surface area contributed by atoms with Crippen molar-refractivity contribution >= 4 is 15.9 Å². The molecule has 1 heterocycles. The van der Waals surface area contributed by atoms with Crippen LogP contribution < -0.4 is 0 Å². The van der Waals surface area contributed by atoms with Gasteiger partial charge in [0.15, 0.2) is 0 Å². The topological polar surface area (TPSA) is 43.7 Å². The quantitative estimate of drug-likeness (QED) is 0.686. The summed E-state index contributed by atoms with van der Waals surface area (Å²) in [6, 6.07) is 16.4. The molecule has 4 heteroatoms. The molecule has 1 aliphatic heterocycles. The van der Waals surface area contributed by atoms with Crippen LogP contribution in [0.1, 0.15) is 51.0 Å². The van der Waals surface area contributed by atoms with E-state index in [2.05, 4.69) is 40.2 Å². The summed E-state index contributed by atoms with van der Waals surface area (Å²) in [7, 11) is 0. The van der Waals surface area contributed by atoms with Crippen LogP contribution in [0.25, 0.3) is 11.1 Å². The monoisotopic (exact) mass is 431 g/mol. The van der Waals surface area contributed by atoms with Gasteiger partial charge in [0.05, 0.1) is 0 Å². The highest BCUT2D eigenvalue weighted by atomic mass is 79.9. The Balaban J connectivity index is 1.90. The maximum atomic E-state index is 11.4. The predicted octanol–water partition coefficient (Wildman–Crippen LogP) is 5.17. The summed E-state index contributed by atoms with van der Waals surface area (Å²) in [4.78, 5) is 2.05. The first-order chi connectivity index (χ1) is 12.9. The molecule has 146 valence electrons. The van der Waals surface area contributed by atoms with Gasteiger partial charge in [-0.2, -0.15) is 0 Å². The van der Waals surface area contributed by atoms with E-state index in [9.17, 15) is 10.2 Å². The Kier molecular flexibility index (Phi) is 6.74. The Hall–Kier alpha value is -1.20. The molecule has 0 aliphatic carbocycles. The van der Waals surface area contributed by atoms with Crippen LogP contribution >= 0.6 is 15.9 Å². The molecule has 1 aliphatic rings. The Morgan fingerprint density at radius 3 is 2.19 bits per heavy atom. The molecule has 2 aromatic rings. The average molecular weight is 432 g/mol. The second-order valence-corrected chi connectivity index (χ2v) is 8.78. The molecule has 0 radical (unpaired) electrons. The fourth-order valence-electron chi connectivity index (χ4n) is 4.01. The number of hydrogen-bond acceptors (Lipinski definition) is 3. The highest BCUT2D eigenvalue weighted by Crippen LogP contribution is 2.38. The van der Waals surface area contributed by atoms with E-state index in [-0.39, 0.29) is 5.92 Å². The number of aliphatic hydroxyl groups is 2. The fourth-order valence-corrected chi connectivity index (χ4v) is 4.28. The van der Waals surface area contributed by atoms with Gasteiger partial charge in [-0.3, -0.25) is 4.90 Å². The van der Waals surface area contributed by atoms with Crippen LogP contribution in [-0.4, -0.2) is 40.0 Å². The van der Waals surface area contributed by atoms with Crippen LogP contribution in [-0.2, 0) is 0 Å². The molecule has 0 bridgehead atoms. The standard InChI is InChI=1S/C23H30BrNO2/c1-17(23(2,27)22(26)25-15-7-3-4-8-16-25)20-9-5-6-10-21(20)18-11-13-19(24)14-12-18/h5-6,9-14,17,22,26-27H,3-4,7-8,15-16H2,1-2H3. The van der Waals surface area contributed by atoms with Crippen molar-refractivity contribution in [1.29, 1.82) is 0 Å². The Morgan fingerprint density at radius 2 is 1.56 bits per heavy atom. The first-order valence-electron chi connectivity index (χ1n) is 9.90. The maximum absolute atomic E-state index is 11.4. The molecule has 1 saturated heterocycles. The third-order valence-electron chi connectivity index (χ3n) is 5.97. The normalized spacial score (nSPS) is 20.5. The van der Waals surface area contributed by atoms with Gasteiger partial charge in [-0.05, 0) is 48.6 Å². The van der Waals surface area contributed by atoms with Crippen molar-refractivity contribution in [1.82, 2.24) is 4.90 Å². The van der Waals surface area contributed by atoms with Crippen molar-refractivity contribution in [2.45, 2.75) is 57.3 Å². The summed E-state index contributed by atoms with van der Waals surface area (Å²) in [6.45, 7) is 5.47. The molecular formula is C23H30BrNO2. The lowest BCUT2D eigenvalue weighted by atomic mass is 9.79. The molecule has 1 fully saturated rings. The number of rotatable bonds is 5. The zero-order valence-corrected chi connectivity index (χ0v) is 17.8. The van der Waals surface area contributed by atoms with Crippen molar-refractivity contribution in [2.75, 3.05) is 13.1 Å². The summed E-state index contributed by atoms with van der Waals surface area (Å²) in [5.74, 6) is -0.212. The molecule has 3 rings (SSSR count). The van der Waals surface area contributed by atoms with E-state index >= 15 is 0 Å². The van der Waals surface area contributed by atoms with Crippen LogP contribution in [0.4, 0.5) is 0 Å². The number of likely N-dealkylation sites (tertiary alicyclic amines) is 1. The van der Waals surface area contributed by atoms with Gasteiger partial charge < -0.3 is 10.2 Å². The molecule has 2 N–H and O–H groups in total. The number of hydrogen-bond donors (Lipinski definition) is 2. The van der Waals surface area contributed by atoms with E-state index in [1.165, 1.54) is 12.8 Å². The van der Waals surface area contributed by atoms with Crippen LogP contribution in [0.3, 0.4) is 0 Å². The first kappa shape index (κ1) is 20.5. The Bertz CT molecular complexity index is 736. The molecule has 27 heavy (non-hydrogen) atoms. The zero-order valence-electron chi connectivity index (χ0n) is 16.2. The SMILES string of the molecule is CC(c1ccccc1-c1ccc(Br)cc1)C(C)(O)C(O)N1CCCCCC1. The van der Waals surface area contributed by atoms with Gasteiger partial charge in [0, 0.05) is 23.5 Å². The number of halogens is 1. The van der Waals surface area contributed by atoms with E-state index in [0.29, 0.717) is 0 Å². The van der Waals surface area contributed by atoms with Crippen LogP contribution in [0.2, 0.25) is 0 Å². The highest BCUT2D eigenvalue weighted by Gasteiger charge is 2.41. The molecular weight excluding hydrogens is 402 g/mol. The van der Waals surface area contributed by atoms with Crippen LogP contribution in [0, 0.1) is 0 Å². The zero-order chi connectivity index (χ0) is 19.4. The molecule has 0 spiro atoms. The van der Waals surface area contributed by atoms with Gasteiger partial charge in [-0.1, -0.05) is 72.1 Å². The van der Waals surface area contributed by atoms with Crippen LogP contribution in [0.5, 0.6) is 0 Å². The van der Waals surface area contributed by atoms with E-state index in [1.807, 2.05) is 36.1 Å². The highest BCUT2D eigenvalue weighted by molar-refractivity contribution is 9.10. The van der Waals surface area contributed by atoms with Crippen molar-refractivity contribution in [3.8, 4) is 11.1 Å². The van der Waals surface area contributed by atoms with Gasteiger partial charge in [0.25, 0.3) is 0 Å². The Morgan fingerprint density at radius 1 is 0.963 bits per heavy atom. The van der Waals surface area contributed by atoms with Gasteiger partial charge in [0.1, 0.15) is 11.8 Å². The summed E-state index contributed by atoms with van der Waals surface area (Å²) < 4.78 is 1.04. The fraction of sp³-hybridized carbons (Fsp3) is 0.478. The van der Waals surface area contributed by atoms with Crippen molar-refractivity contribution in [3.63, 3.8) is 0 Å². The minimum Gasteiger partial charge on any atom is -0.385 e. The maximum Gasteiger partial charge on any atom is 0.136 e. The molecule has 3 unspecified atom stereocenters. The minimum absolute atomic E-state index is 0.212. The smallest absolute Gasteiger partial charge is 0.136 e. The summed E-state index contributed by atoms with van der Waals surface area (Å²) in [5.41, 5.74) is 2.02. The van der Waals surface area contributed by atoms with E-state index in [0.717, 1.165) is 47.1 Å². The summed E-state index contributed by atoms with van der Waals surface area (Å²) in [5, 5.41) is 22.4. The van der Waals surface area contributed by atoms with Crippen molar-refractivity contribution in [3.05, 3.63) is 58.6 Å². The predicted molar refractivity (Wildman–Crippen MR) is 115 cm³/mol. The van der Waals surface area contributed by atoms with Gasteiger partial charge in [0.2, 0.25) is 0 Å². The first-order valence-corrected chi connectivity index (χ1v) is 10.7. The molecule has 3 nitrogen and oxygen atoms in total. The second-order valence-electron chi connectivity index (χ2n) is 7.87. The lowest BCUT2D eigenvalue weighted by molar-refractivity contribution is -0.149. The summed E-state index contributed by atoms with van der Waals surface area (Å²) in [6.07, 6.45) is 3.69. The molecule has 0 amide bonds. The van der Waals surface area contributed by atoms with Gasteiger partial charge in [-0.15, -0.1) is 0 Å². The van der Waals surface area contributed by atoms with Gasteiger partial charge in [-0.25, -0.2) is 0 Å². The lowest BCUT2D eigenvalue weighted by Gasteiger charge is -2.41. The van der Waals surface area contributed by atoms with Crippen molar-refractivity contribution < 1.29 is 10.2 Å². The summed E-state index contributed by atoms with van der Waals surface area (Å²) >= 11 is 3.49. The average Bonchev–Trinajstić information content (AvgIpc) is 2.97. The largest absolute Gasteiger partial charge is 0.385 e. The molecule has 3 atom stereocenters. The second kappa shape index (κ2) is 8.87. The molecule has 2 aromatic carbocycles. The van der Waals surface area contributed by atoms with E-state index in [1.54, 1.807) is 6.92 Å². The molecule has 0 aromatic heterocycles. The van der Waals surface area contributed by atoms with E-state index in [4.69, 9.17) is 0 Å². The third-order valence-corrected chi connectivity index (χ3v) is 6.50. The lowest BCUT2D eigenvalue weighted by Crippen LogP contribution is -2.54. The van der Waals surface area contributed by atoms with E-state index < -0.39 is 11.8 Å². The van der Waals surface area contributed by atoms with Crippen molar-refractivity contribution in [2.24, 2.45) is 0 Å².